The molecule has 0 amide bonds. The molecular weight excluding hydrogens is 258 g/mol. The number of hydrogen-bond acceptors (Lipinski definition) is 5. The summed E-state index contributed by atoms with van der Waals surface area (Å²) in [6, 6.07) is 2.00. The summed E-state index contributed by atoms with van der Waals surface area (Å²) in [6.07, 6.45) is 4.89. The van der Waals surface area contributed by atoms with Crippen LogP contribution in [0.3, 0.4) is 0 Å². The highest BCUT2D eigenvalue weighted by molar-refractivity contribution is 7.99. The van der Waals surface area contributed by atoms with E-state index in [-0.39, 0.29) is 0 Å². The molecule has 1 aliphatic heterocycles. The van der Waals surface area contributed by atoms with Crippen molar-refractivity contribution in [1.82, 2.24) is 9.97 Å². The van der Waals surface area contributed by atoms with E-state index in [1.54, 1.807) is 7.11 Å². The Morgan fingerprint density at radius 1 is 1.42 bits per heavy atom. The predicted molar refractivity (Wildman–Crippen MR) is 80.6 cm³/mol. The number of nitrogens with one attached hydrogen (secondary N) is 1. The zero-order valence-corrected chi connectivity index (χ0v) is 12.6. The molecule has 0 radical (unpaired) electrons. The molecular formula is C14H23N3OS. The van der Waals surface area contributed by atoms with Crippen molar-refractivity contribution in [3.63, 3.8) is 0 Å². The maximum absolute atomic E-state index is 5.20. The molecule has 1 unspecified atom stereocenters. The first-order chi connectivity index (χ1) is 9.33. The monoisotopic (exact) mass is 281 g/mol. The van der Waals surface area contributed by atoms with Crippen LogP contribution in [-0.2, 0) is 11.3 Å². The van der Waals surface area contributed by atoms with Crippen molar-refractivity contribution in [3.8, 4) is 0 Å². The minimum Gasteiger partial charge on any atom is -0.378 e. The summed E-state index contributed by atoms with van der Waals surface area (Å²) in [5.41, 5.74) is 0.970. The molecule has 0 aromatic carbocycles. The van der Waals surface area contributed by atoms with Crippen LogP contribution >= 0.6 is 11.8 Å². The van der Waals surface area contributed by atoms with E-state index in [1.807, 2.05) is 17.8 Å². The Morgan fingerprint density at radius 2 is 2.32 bits per heavy atom. The molecule has 4 nitrogen and oxygen atoms in total. The van der Waals surface area contributed by atoms with Crippen LogP contribution in [0.25, 0.3) is 0 Å². The van der Waals surface area contributed by atoms with E-state index >= 15 is 0 Å². The molecule has 0 spiro atoms. The average Bonchev–Trinajstić information content (AvgIpc) is 2.46. The molecule has 2 heterocycles. The van der Waals surface area contributed by atoms with Gasteiger partial charge in [0.25, 0.3) is 0 Å². The number of rotatable bonds is 6. The first-order valence-electron chi connectivity index (χ1n) is 7.05. The first-order valence-corrected chi connectivity index (χ1v) is 8.10. The average molecular weight is 281 g/mol. The maximum Gasteiger partial charge on any atom is 0.144 e. The second-order valence-electron chi connectivity index (χ2n) is 4.82. The van der Waals surface area contributed by atoms with E-state index in [4.69, 9.17) is 4.74 Å². The molecule has 1 N–H and O–H groups in total. The zero-order chi connectivity index (χ0) is 13.5. The molecule has 0 bridgehead atoms. The molecule has 0 aliphatic carbocycles. The van der Waals surface area contributed by atoms with Gasteiger partial charge in [-0.05, 0) is 25.0 Å². The number of thioether (sulfide) groups is 1. The number of anilines is 1. The van der Waals surface area contributed by atoms with Gasteiger partial charge in [-0.25, -0.2) is 9.97 Å². The van der Waals surface area contributed by atoms with Gasteiger partial charge in [-0.3, -0.25) is 0 Å². The van der Waals surface area contributed by atoms with Gasteiger partial charge in [0.05, 0.1) is 17.6 Å². The van der Waals surface area contributed by atoms with Crippen LogP contribution in [0.4, 0.5) is 5.82 Å². The zero-order valence-electron chi connectivity index (χ0n) is 11.8. The Morgan fingerprint density at radius 3 is 3.00 bits per heavy atom. The third kappa shape index (κ3) is 4.35. The molecule has 5 heteroatoms. The lowest BCUT2D eigenvalue weighted by Crippen LogP contribution is -2.11. The Balaban J connectivity index is 2.17. The predicted octanol–water partition coefficient (Wildman–Crippen LogP) is 3.40. The molecule has 1 atom stereocenters. The van der Waals surface area contributed by atoms with Crippen molar-refractivity contribution in [2.24, 2.45) is 0 Å². The van der Waals surface area contributed by atoms with Crippen LogP contribution in [0, 0.1) is 0 Å². The minimum absolute atomic E-state index is 0.452. The lowest BCUT2D eigenvalue weighted by Gasteiger charge is -2.21. The van der Waals surface area contributed by atoms with Gasteiger partial charge in [-0.1, -0.05) is 13.3 Å². The van der Waals surface area contributed by atoms with E-state index in [2.05, 4.69) is 22.2 Å². The van der Waals surface area contributed by atoms with Crippen molar-refractivity contribution >= 4 is 17.6 Å². The number of nitrogens with zero attached hydrogens (tertiary/aromatic N) is 2. The maximum atomic E-state index is 5.20. The van der Waals surface area contributed by atoms with Gasteiger partial charge in [-0.15, -0.1) is 0 Å². The first kappa shape index (κ1) is 14.6. The minimum atomic E-state index is 0.452. The third-order valence-corrected chi connectivity index (χ3v) is 4.49. The van der Waals surface area contributed by atoms with E-state index in [0.717, 1.165) is 30.3 Å². The number of ether oxygens (including phenoxy) is 1. The summed E-state index contributed by atoms with van der Waals surface area (Å²) < 4.78 is 5.20. The quantitative estimate of drug-likeness (QED) is 0.866. The highest BCUT2D eigenvalue weighted by Gasteiger charge is 2.20. The van der Waals surface area contributed by atoms with Crippen LogP contribution < -0.4 is 5.32 Å². The Bertz CT molecular complexity index is 394. The Kier molecular flexibility index (Phi) is 5.92. The fourth-order valence-electron chi connectivity index (χ4n) is 2.17. The van der Waals surface area contributed by atoms with Gasteiger partial charge in [0.15, 0.2) is 0 Å². The summed E-state index contributed by atoms with van der Waals surface area (Å²) in [7, 11) is 1.70. The molecule has 1 saturated heterocycles. The van der Waals surface area contributed by atoms with Crippen molar-refractivity contribution in [2.45, 2.75) is 44.5 Å². The van der Waals surface area contributed by atoms with Crippen LogP contribution in [0.15, 0.2) is 6.07 Å². The summed E-state index contributed by atoms with van der Waals surface area (Å²) >= 11 is 1.98. The Hall–Kier alpha value is -0.810. The van der Waals surface area contributed by atoms with E-state index in [1.165, 1.54) is 25.0 Å². The third-order valence-electron chi connectivity index (χ3n) is 3.11. The second kappa shape index (κ2) is 7.70. The fourth-order valence-corrected chi connectivity index (χ4v) is 3.41. The molecule has 1 aromatic heterocycles. The molecule has 1 aliphatic rings. The lowest BCUT2D eigenvalue weighted by atomic mass is 10.2. The van der Waals surface area contributed by atoms with Gasteiger partial charge in [0.1, 0.15) is 11.6 Å². The summed E-state index contributed by atoms with van der Waals surface area (Å²) in [5.74, 6) is 3.13. The molecule has 2 rings (SSSR count). The number of hydrogen-bond donors (Lipinski definition) is 1. The molecule has 1 aromatic rings. The summed E-state index contributed by atoms with van der Waals surface area (Å²) in [4.78, 5) is 9.34. The van der Waals surface area contributed by atoms with Gasteiger partial charge < -0.3 is 10.1 Å². The molecule has 19 heavy (non-hydrogen) atoms. The van der Waals surface area contributed by atoms with E-state index in [9.17, 15) is 0 Å². The van der Waals surface area contributed by atoms with Crippen LogP contribution in [0.2, 0.25) is 0 Å². The van der Waals surface area contributed by atoms with Gasteiger partial charge in [0.2, 0.25) is 0 Å². The Labute approximate surface area is 119 Å². The smallest absolute Gasteiger partial charge is 0.144 e. The molecule has 106 valence electrons. The van der Waals surface area contributed by atoms with Crippen LogP contribution in [-0.4, -0.2) is 29.4 Å². The SMILES string of the molecule is CCCNc1cc(COC)nc(C2CCCCS2)n1. The van der Waals surface area contributed by atoms with Gasteiger partial charge >= 0.3 is 0 Å². The van der Waals surface area contributed by atoms with Crippen molar-refractivity contribution in [3.05, 3.63) is 17.6 Å². The fraction of sp³-hybridized carbons (Fsp3) is 0.714. The second-order valence-corrected chi connectivity index (χ2v) is 6.13. The highest BCUT2D eigenvalue weighted by Crippen LogP contribution is 2.36. The number of aromatic nitrogens is 2. The number of methoxy groups -OCH3 is 1. The van der Waals surface area contributed by atoms with Gasteiger partial charge in [0, 0.05) is 19.7 Å². The molecule has 1 fully saturated rings. The summed E-state index contributed by atoms with van der Waals surface area (Å²) in [5, 5.41) is 3.81. The summed E-state index contributed by atoms with van der Waals surface area (Å²) in [6.45, 7) is 3.65. The standard InChI is InChI=1S/C14H23N3OS/c1-3-7-15-13-9-11(10-18-2)16-14(17-13)12-6-4-5-8-19-12/h9,12H,3-8,10H2,1-2H3,(H,15,16,17). The van der Waals surface area contributed by atoms with E-state index in [0.29, 0.717) is 11.9 Å². The van der Waals surface area contributed by atoms with E-state index < -0.39 is 0 Å². The lowest BCUT2D eigenvalue weighted by molar-refractivity contribution is 0.181. The van der Waals surface area contributed by atoms with Crippen molar-refractivity contribution < 1.29 is 4.74 Å². The van der Waals surface area contributed by atoms with Crippen LogP contribution in [0.1, 0.15) is 49.4 Å². The molecule has 0 saturated carbocycles. The topological polar surface area (TPSA) is 47.0 Å². The van der Waals surface area contributed by atoms with Crippen LogP contribution in [0.5, 0.6) is 0 Å². The van der Waals surface area contributed by atoms with Crippen molar-refractivity contribution in [1.29, 1.82) is 0 Å². The van der Waals surface area contributed by atoms with Crippen molar-refractivity contribution in [2.75, 3.05) is 24.7 Å². The largest absolute Gasteiger partial charge is 0.378 e. The normalized spacial score (nSPS) is 19.4. The highest BCUT2D eigenvalue weighted by atomic mass is 32.2. The van der Waals surface area contributed by atoms with Gasteiger partial charge in [-0.2, -0.15) is 11.8 Å².